The second-order valence-corrected chi connectivity index (χ2v) is 6.73. The van der Waals surface area contributed by atoms with Crippen LogP contribution in [0, 0.1) is 0 Å². The Kier molecular flexibility index (Phi) is 6.72. The van der Waals surface area contributed by atoms with Crippen molar-refractivity contribution in [1.29, 1.82) is 0 Å². The normalized spacial score (nSPS) is 18.4. The molecule has 1 saturated heterocycles. The van der Waals surface area contributed by atoms with Crippen molar-refractivity contribution in [2.75, 3.05) is 26.9 Å². The summed E-state index contributed by atoms with van der Waals surface area (Å²) in [6, 6.07) is 9.42. The summed E-state index contributed by atoms with van der Waals surface area (Å²) in [4.78, 5) is 26.9. The number of likely N-dealkylation sites (tertiary alicyclic amines) is 1. The minimum absolute atomic E-state index is 0.00927. The summed E-state index contributed by atoms with van der Waals surface area (Å²) in [5.74, 6) is -0.647. The van der Waals surface area contributed by atoms with Gasteiger partial charge in [-0.2, -0.15) is 0 Å². The van der Waals surface area contributed by atoms with Gasteiger partial charge in [-0.25, -0.2) is 0 Å². The monoisotopic (exact) mass is 399 g/mol. The lowest BCUT2D eigenvalue weighted by atomic mass is 9.99. The van der Waals surface area contributed by atoms with Crippen molar-refractivity contribution in [2.45, 2.75) is 25.8 Å². The van der Waals surface area contributed by atoms with E-state index in [-0.39, 0.29) is 11.3 Å². The molecule has 1 N–H and O–H groups in total. The number of ether oxygens (including phenoxy) is 2. The molecule has 2 aromatic rings. The molecule has 1 unspecified atom stereocenters. The number of nitrogens with zero attached hydrogens (tertiary/aromatic N) is 1. The van der Waals surface area contributed by atoms with Gasteiger partial charge in [0.15, 0.2) is 0 Å². The zero-order valence-electron chi connectivity index (χ0n) is 16.6. The number of hydrogen-bond donors (Lipinski definition) is 1. The van der Waals surface area contributed by atoms with Gasteiger partial charge in [-0.15, -0.1) is 0 Å². The van der Waals surface area contributed by atoms with Crippen LogP contribution >= 0.6 is 0 Å². The molecule has 1 aromatic heterocycles. The predicted octanol–water partition coefficient (Wildman–Crippen LogP) is 3.53. The topological polar surface area (TPSA) is 89.2 Å². The Morgan fingerprint density at radius 2 is 2.03 bits per heavy atom. The second-order valence-electron chi connectivity index (χ2n) is 6.73. The average Bonchev–Trinajstić information content (AvgIpc) is 3.34. The highest BCUT2D eigenvalue weighted by molar-refractivity contribution is 6.46. The van der Waals surface area contributed by atoms with Crippen molar-refractivity contribution in [1.82, 2.24) is 4.90 Å². The van der Waals surface area contributed by atoms with E-state index in [9.17, 15) is 14.7 Å². The quantitative estimate of drug-likeness (QED) is 0.300. The van der Waals surface area contributed by atoms with Crippen LogP contribution in [0.4, 0.5) is 0 Å². The first-order valence-corrected chi connectivity index (χ1v) is 9.62. The molecule has 0 radical (unpaired) electrons. The Balaban J connectivity index is 2.02. The van der Waals surface area contributed by atoms with Gasteiger partial charge in [0.1, 0.15) is 23.3 Å². The fraction of sp³-hybridized carbons (Fsp3) is 0.364. The SMILES string of the molecule is CCCOc1cccc(C(O)=C2C(=O)C(=O)N(CCCOC)C2c2ccco2)c1. The summed E-state index contributed by atoms with van der Waals surface area (Å²) in [6.07, 6.45) is 2.88. The smallest absolute Gasteiger partial charge is 0.295 e. The summed E-state index contributed by atoms with van der Waals surface area (Å²) in [7, 11) is 1.58. The van der Waals surface area contributed by atoms with Crippen LogP contribution in [0.5, 0.6) is 5.75 Å². The molecule has 1 fully saturated rings. The standard InChI is InChI=1S/C22H25NO6/c1-3-11-28-16-8-4-7-15(14-16)20(24)18-19(17-9-5-13-29-17)23(10-6-12-27-2)22(26)21(18)25/h4-5,7-9,13-14,19,24H,3,6,10-12H2,1-2H3. The van der Waals surface area contributed by atoms with Crippen LogP contribution in [0.1, 0.15) is 37.1 Å². The molecule has 3 rings (SSSR count). The Labute approximate surface area is 169 Å². The molecule has 0 saturated carbocycles. The molecule has 7 nitrogen and oxygen atoms in total. The van der Waals surface area contributed by atoms with E-state index in [1.54, 1.807) is 43.5 Å². The zero-order valence-corrected chi connectivity index (χ0v) is 16.6. The van der Waals surface area contributed by atoms with Crippen LogP contribution in [-0.4, -0.2) is 48.6 Å². The number of methoxy groups -OCH3 is 1. The van der Waals surface area contributed by atoms with E-state index >= 15 is 0 Å². The van der Waals surface area contributed by atoms with Gasteiger partial charge in [-0.05, 0) is 37.1 Å². The maximum atomic E-state index is 12.8. The fourth-order valence-corrected chi connectivity index (χ4v) is 3.34. The number of carbonyl (C=O) groups is 2. The third-order valence-electron chi connectivity index (χ3n) is 4.68. The molecule has 154 valence electrons. The molecule has 29 heavy (non-hydrogen) atoms. The van der Waals surface area contributed by atoms with Gasteiger partial charge in [-0.3, -0.25) is 9.59 Å². The van der Waals surface area contributed by atoms with E-state index in [1.165, 1.54) is 11.2 Å². The Bertz CT molecular complexity index is 886. The molecule has 0 spiro atoms. The number of benzene rings is 1. The van der Waals surface area contributed by atoms with Crippen LogP contribution in [0.15, 0.2) is 52.7 Å². The van der Waals surface area contributed by atoms with Crippen molar-refractivity contribution in [3.05, 3.63) is 59.6 Å². The summed E-state index contributed by atoms with van der Waals surface area (Å²) in [5.41, 5.74) is 0.417. The number of Topliss-reactive ketones (excluding diaryl/α,β-unsaturated/α-hetero) is 1. The van der Waals surface area contributed by atoms with E-state index in [0.29, 0.717) is 43.3 Å². The van der Waals surface area contributed by atoms with Gasteiger partial charge in [-0.1, -0.05) is 19.1 Å². The number of rotatable bonds is 9. The minimum Gasteiger partial charge on any atom is -0.507 e. The van der Waals surface area contributed by atoms with E-state index in [2.05, 4.69) is 0 Å². The highest BCUT2D eigenvalue weighted by atomic mass is 16.5. The molecule has 0 bridgehead atoms. The van der Waals surface area contributed by atoms with Gasteiger partial charge in [0.2, 0.25) is 0 Å². The van der Waals surface area contributed by atoms with E-state index in [0.717, 1.165) is 6.42 Å². The van der Waals surface area contributed by atoms with Gasteiger partial charge >= 0.3 is 0 Å². The van der Waals surface area contributed by atoms with Gasteiger partial charge in [0.05, 0.1) is 18.4 Å². The van der Waals surface area contributed by atoms with Crippen LogP contribution in [0.25, 0.3) is 5.76 Å². The Hall–Kier alpha value is -3.06. The molecule has 0 aliphatic carbocycles. The molecule has 1 aliphatic rings. The molecule has 1 atom stereocenters. The lowest BCUT2D eigenvalue weighted by Gasteiger charge is -2.23. The van der Waals surface area contributed by atoms with Crippen molar-refractivity contribution in [3.8, 4) is 5.75 Å². The first-order valence-electron chi connectivity index (χ1n) is 9.62. The summed E-state index contributed by atoms with van der Waals surface area (Å²) < 4.78 is 16.2. The van der Waals surface area contributed by atoms with Gasteiger partial charge in [0.25, 0.3) is 11.7 Å². The number of aliphatic hydroxyl groups excluding tert-OH is 1. The lowest BCUT2D eigenvalue weighted by Crippen LogP contribution is -2.31. The first-order chi connectivity index (χ1) is 14.1. The molecule has 7 heteroatoms. The highest BCUT2D eigenvalue weighted by Crippen LogP contribution is 2.39. The summed E-state index contributed by atoms with van der Waals surface area (Å²) in [6.45, 7) is 3.30. The molecule has 1 amide bonds. The summed E-state index contributed by atoms with van der Waals surface area (Å²) >= 11 is 0. The number of aliphatic hydroxyl groups is 1. The molecule has 1 aliphatic heterocycles. The Morgan fingerprint density at radius 1 is 1.21 bits per heavy atom. The molecular formula is C22H25NO6. The van der Waals surface area contributed by atoms with Gasteiger partial charge < -0.3 is 23.9 Å². The second kappa shape index (κ2) is 9.43. The largest absolute Gasteiger partial charge is 0.507 e. The van der Waals surface area contributed by atoms with E-state index in [4.69, 9.17) is 13.9 Å². The molecule has 2 heterocycles. The van der Waals surface area contributed by atoms with Crippen LogP contribution in [0.3, 0.4) is 0 Å². The van der Waals surface area contributed by atoms with Crippen molar-refractivity contribution in [2.24, 2.45) is 0 Å². The zero-order chi connectivity index (χ0) is 20.8. The molecular weight excluding hydrogens is 374 g/mol. The van der Waals surface area contributed by atoms with Crippen molar-refractivity contribution >= 4 is 17.4 Å². The number of carbonyl (C=O) groups excluding carboxylic acids is 2. The maximum Gasteiger partial charge on any atom is 0.295 e. The summed E-state index contributed by atoms with van der Waals surface area (Å²) in [5, 5.41) is 11.0. The van der Waals surface area contributed by atoms with E-state index < -0.39 is 17.7 Å². The predicted molar refractivity (Wildman–Crippen MR) is 106 cm³/mol. The van der Waals surface area contributed by atoms with Crippen LogP contribution in [0.2, 0.25) is 0 Å². The number of furan rings is 1. The van der Waals surface area contributed by atoms with Crippen LogP contribution < -0.4 is 4.74 Å². The van der Waals surface area contributed by atoms with Crippen molar-refractivity contribution in [3.63, 3.8) is 0 Å². The first kappa shape index (κ1) is 20.7. The lowest BCUT2D eigenvalue weighted by molar-refractivity contribution is -0.140. The number of ketones is 1. The fourth-order valence-electron chi connectivity index (χ4n) is 3.34. The van der Waals surface area contributed by atoms with E-state index in [1.807, 2.05) is 6.92 Å². The van der Waals surface area contributed by atoms with Crippen molar-refractivity contribution < 1.29 is 28.6 Å². The average molecular weight is 399 g/mol. The molecule has 1 aromatic carbocycles. The van der Waals surface area contributed by atoms with Crippen LogP contribution in [-0.2, 0) is 14.3 Å². The van der Waals surface area contributed by atoms with Gasteiger partial charge in [0, 0.05) is 25.8 Å². The Morgan fingerprint density at radius 3 is 2.72 bits per heavy atom. The number of hydrogen-bond acceptors (Lipinski definition) is 6. The maximum absolute atomic E-state index is 12.8. The highest BCUT2D eigenvalue weighted by Gasteiger charge is 2.47. The third-order valence-corrected chi connectivity index (χ3v) is 4.68. The third kappa shape index (κ3) is 4.35. The minimum atomic E-state index is -0.790. The number of amides is 1.